The smallest absolute Gasteiger partial charge is 0.274 e. The van der Waals surface area contributed by atoms with Crippen molar-refractivity contribution in [3.05, 3.63) is 102 Å². The van der Waals surface area contributed by atoms with E-state index in [1.165, 1.54) is 5.01 Å². The second-order valence-corrected chi connectivity index (χ2v) is 6.21. The summed E-state index contributed by atoms with van der Waals surface area (Å²) >= 11 is 0. The lowest BCUT2D eigenvalue weighted by Gasteiger charge is -2.22. The second-order valence-electron chi connectivity index (χ2n) is 6.21. The number of nitrogens with zero attached hydrogens (tertiary/aromatic N) is 2. The van der Waals surface area contributed by atoms with Gasteiger partial charge in [-0.1, -0.05) is 66.7 Å². The molecule has 1 heterocycles. The number of carbonyl (C=O) groups is 1. The van der Waals surface area contributed by atoms with Gasteiger partial charge in [0.25, 0.3) is 5.91 Å². The third kappa shape index (κ3) is 2.97. The zero-order valence-corrected chi connectivity index (χ0v) is 14.1. The van der Waals surface area contributed by atoms with Gasteiger partial charge in [0.1, 0.15) is 5.75 Å². The molecule has 1 atom stereocenters. The molecule has 0 aromatic heterocycles. The van der Waals surface area contributed by atoms with Crippen LogP contribution >= 0.6 is 0 Å². The Morgan fingerprint density at radius 1 is 0.885 bits per heavy atom. The molecule has 128 valence electrons. The van der Waals surface area contributed by atoms with Crippen LogP contribution in [0.25, 0.3) is 0 Å². The third-order valence-electron chi connectivity index (χ3n) is 4.54. The van der Waals surface area contributed by atoms with Crippen molar-refractivity contribution < 1.29 is 9.90 Å². The van der Waals surface area contributed by atoms with Crippen molar-refractivity contribution in [2.45, 2.75) is 12.5 Å². The summed E-state index contributed by atoms with van der Waals surface area (Å²) in [5, 5.41) is 16.4. The molecule has 0 spiro atoms. The quantitative estimate of drug-likeness (QED) is 0.768. The van der Waals surface area contributed by atoms with E-state index in [2.05, 4.69) is 5.10 Å². The average molecular weight is 342 g/mol. The molecule has 1 N–H and O–H groups in total. The summed E-state index contributed by atoms with van der Waals surface area (Å²) < 4.78 is 0. The van der Waals surface area contributed by atoms with Crippen LogP contribution in [0.5, 0.6) is 5.75 Å². The number of aromatic hydroxyl groups is 1. The Morgan fingerprint density at radius 2 is 1.50 bits per heavy atom. The van der Waals surface area contributed by atoms with E-state index in [1.807, 2.05) is 60.7 Å². The SMILES string of the molecule is O=C(c1ccccc1)N1N=C(c2ccccc2)C[C@@H]1c1ccccc1O. The Hall–Kier alpha value is -3.40. The third-order valence-corrected chi connectivity index (χ3v) is 4.54. The Balaban J connectivity index is 1.76. The van der Waals surface area contributed by atoms with Gasteiger partial charge in [0, 0.05) is 17.5 Å². The lowest BCUT2D eigenvalue weighted by atomic mass is 9.97. The van der Waals surface area contributed by atoms with E-state index in [1.54, 1.807) is 24.3 Å². The molecule has 0 aliphatic carbocycles. The molecule has 0 fully saturated rings. The van der Waals surface area contributed by atoms with Crippen LogP contribution in [-0.4, -0.2) is 21.7 Å². The molecule has 1 aliphatic heterocycles. The molecule has 4 rings (SSSR count). The highest BCUT2D eigenvalue weighted by Gasteiger charge is 2.34. The topological polar surface area (TPSA) is 52.9 Å². The van der Waals surface area contributed by atoms with Gasteiger partial charge in [-0.05, 0) is 23.8 Å². The van der Waals surface area contributed by atoms with E-state index in [9.17, 15) is 9.90 Å². The molecule has 1 amide bonds. The van der Waals surface area contributed by atoms with Crippen LogP contribution in [0, 0.1) is 0 Å². The summed E-state index contributed by atoms with van der Waals surface area (Å²) in [5.41, 5.74) is 3.09. The van der Waals surface area contributed by atoms with E-state index in [-0.39, 0.29) is 17.7 Å². The van der Waals surface area contributed by atoms with Gasteiger partial charge in [-0.3, -0.25) is 4.79 Å². The number of benzene rings is 3. The maximum Gasteiger partial charge on any atom is 0.274 e. The van der Waals surface area contributed by atoms with Gasteiger partial charge in [-0.15, -0.1) is 0 Å². The van der Waals surface area contributed by atoms with E-state index in [4.69, 9.17) is 0 Å². The van der Waals surface area contributed by atoms with Crippen LogP contribution in [0.3, 0.4) is 0 Å². The average Bonchev–Trinajstić information content (AvgIpc) is 3.14. The first-order chi connectivity index (χ1) is 12.7. The Morgan fingerprint density at radius 3 is 2.19 bits per heavy atom. The summed E-state index contributed by atoms with van der Waals surface area (Å²) in [6.45, 7) is 0. The number of hydrazone groups is 1. The molecule has 0 unspecified atom stereocenters. The van der Waals surface area contributed by atoms with Crippen LogP contribution in [0.15, 0.2) is 90.0 Å². The van der Waals surface area contributed by atoms with Crippen LogP contribution in [0.2, 0.25) is 0 Å². The fourth-order valence-corrected chi connectivity index (χ4v) is 3.23. The monoisotopic (exact) mass is 342 g/mol. The minimum Gasteiger partial charge on any atom is -0.508 e. The molecule has 0 radical (unpaired) electrons. The molecule has 3 aromatic carbocycles. The largest absolute Gasteiger partial charge is 0.508 e. The highest BCUT2D eigenvalue weighted by atomic mass is 16.3. The number of hydrogen-bond acceptors (Lipinski definition) is 3. The van der Waals surface area contributed by atoms with Gasteiger partial charge in [-0.2, -0.15) is 5.10 Å². The number of amides is 1. The fraction of sp³-hybridized carbons (Fsp3) is 0.0909. The van der Waals surface area contributed by atoms with Crippen molar-refractivity contribution in [2.24, 2.45) is 5.10 Å². The summed E-state index contributed by atoms with van der Waals surface area (Å²) in [7, 11) is 0. The maximum absolute atomic E-state index is 13.1. The Kier molecular flexibility index (Phi) is 4.23. The van der Waals surface area contributed by atoms with Crippen LogP contribution in [0.4, 0.5) is 0 Å². The fourth-order valence-electron chi connectivity index (χ4n) is 3.23. The molecule has 0 bridgehead atoms. The normalized spacial score (nSPS) is 16.4. The first kappa shape index (κ1) is 16.1. The van der Waals surface area contributed by atoms with Gasteiger partial charge in [0.2, 0.25) is 0 Å². The van der Waals surface area contributed by atoms with Gasteiger partial charge >= 0.3 is 0 Å². The molecule has 0 saturated heterocycles. The summed E-state index contributed by atoms with van der Waals surface area (Å²) in [6, 6.07) is 25.7. The van der Waals surface area contributed by atoms with Gasteiger partial charge in [0.05, 0.1) is 11.8 Å². The van der Waals surface area contributed by atoms with E-state index < -0.39 is 0 Å². The molecule has 1 aliphatic rings. The number of rotatable bonds is 3. The molecular weight excluding hydrogens is 324 g/mol. The predicted molar refractivity (Wildman–Crippen MR) is 101 cm³/mol. The lowest BCUT2D eigenvalue weighted by molar-refractivity contribution is 0.0709. The van der Waals surface area contributed by atoms with Gasteiger partial charge in [-0.25, -0.2) is 5.01 Å². The van der Waals surface area contributed by atoms with Crippen LogP contribution in [-0.2, 0) is 0 Å². The summed E-state index contributed by atoms with van der Waals surface area (Å²) in [6.07, 6.45) is 0.556. The van der Waals surface area contributed by atoms with Gasteiger partial charge in [0.15, 0.2) is 0 Å². The molecular formula is C22H18N2O2. The van der Waals surface area contributed by atoms with Crippen molar-refractivity contribution in [3.8, 4) is 5.75 Å². The minimum atomic E-state index is -0.334. The molecule has 0 saturated carbocycles. The lowest BCUT2D eigenvalue weighted by Crippen LogP contribution is -2.27. The van der Waals surface area contributed by atoms with E-state index in [0.29, 0.717) is 17.5 Å². The standard InChI is InChI=1S/C22H18N2O2/c25-21-14-8-7-13-18(21)20-15-19(16-9-3-1-4-10-16)23-24(20)22(26)17-11-5-2-6-12-17/h1-14,20,25H,15H2/t20-/m1/s1. The predicted octanol–water partition coefficient (Wildman–Crippen LogP) is 4.38. The second kappa shape index (κ2) is 6.84. The number of hydrogen-bond donors (Lipinski definition) is 1. The molecule has 4 heteroatoms. The molecule has 26 heavy (non-hydrogen) atoms. The van der Waals surface area contributed by atoms with Crippen molar-refractivity contribution in [2.75, 3.05) is 0 Å². The van der Waals surface area contributed by atoms with Crippen molar-refractivity contribution in [1.82, 2.24) is 5.01 Å². The van der Waals surface area contributed by atoms with Gasteiger partial charge < -0.3 is 5.11 Å². The summed E-state index contributed by atoms with van der Waals surface area (Å²) in [4.78, 5) is 13.1. The molecule has 4 nitrogen and oxygen atoms in total. The highest BCUT2D eigenvalue weighted by Crippen LogP contribution is 2.37. The van der Waals surface area contributed by atoms with E-state index >= 15 is 0 Å². The Labute approximate surface area is 152 Å². The Bertz CT molecular complexity index is 952. The minimum absolute atomic E-state index is 0.174. The first-order valence-corrected chi connectivity index (χ1v) is 8.53. The van der Waals surface area contributed by atoms with Crippen molar-refractivity contribution >= 4 is 11.6 Å². The van der Waals surface area contributed by atoms with E-state index in [0.717, 1.165) is 11.3 Å². The number of carbonyl (C=O) groups excluding carboxylic acids is 1. The zero-order valence-electron chi connectivity index (χ0n) is 14.1. The first-order valence-electron chi connectivity index (χ1n) is 8.53. The maximum atomic E-state index is 13.1. The number of para-hydroxylation sites is 1. The molecule has 3 aromatic rings. The highest BCUT2D eigenvalue weighted by molar-refractivity contribution is 6.05. The van der Waals surface area contributed by atoms with Crippen molar-refractivity contribution in [1.29, 1.82) is 0 Å². The zero-order chi connectivity index (χ0) is 17.9. The number of phenolic OH excluding ortho intramolecular Hbond substituents is 1. The van der Waals surface area contributed by atoms with Crippen LogP contribution < -0.4 is 0 Å². The number of phenols is 1. The summed E-state index contributed by atoms with van der Waals surface area (Å²) in [5.74, 6) is -0.00217. The van der Waals surface area contributed by atoms with Crippen molar-refractivity contribution in [3.63, 3.8) is 0 Å². The van der Waals surface area contributed by atoms with Crippen LogP contribution in [0.1, 0.15) is 33.9 Å².